The molecule has 1 aromatic heterocycles. The molecule has 3 aliphatic rings. The summed E-state index contributed by atoms with van der Waals surface area (Å²) in [4.78, 5) is 65.5. The molecule has 3 atom stereocenters. The highest BCUT2D eigenvalue weighted by Gasteiger charge is 2.54. The van der Waals surface area contributed by atoms with Crippen LogP contribution in [0.4, 0.5) is 9.59 Å². The number of aromatic hydroxyl groups is 1. The minimum Gasteiger partial charge on any atom is -0.508 e. The van der Waals surface area contributed by atoms with Gasteiger partial charge in [-0.25, -0.2) is 19.3 Å². The third-order valence-electron chi connectivity index (χ3n) is 6.28. The lowest BCUT2D eigenvalue weighted by Gasteiger charge is -2.49. The molecule has 2 unspecified atom stereocenters. The molecule has 14 nitrogen and oxygen atoms in total. The number of carboxylic acid groups (broad SMARTS) is 1. The SMILES string of the molecule is Cc1nnc(SCC2=C(C(=O)O)N3C(=O)C(NC(=O)C(NC(=O)N4CCNC4=O)c4ccc(O)cc4)[C@@H]3SC2)s1. The number of aromatic nitrogens is 2. The fourth-order valence-electron chi connectivity index (χ4n) is 4.35. The van der Waals surface area contributed by atoms with Crippen molar-refractivity contribution in [3.8, 4) is 5.75 Å². The molecule has 17 heteroatoms. The number of hydrogen-bond donors (Lipinski definition) is 5. The van der Waals surface area contributed by atoms with E-state index in [2.05, 4.69) is 26.1 Å². The number of nitrogens with zero attached hydrogens (tertiary/aromatic N) is 4. The molecule has 0 aliphatic carbocycles. The number of phenols is 1. The van der Waals surface area contributed by atoms with Crippen molar-refractivity contribution >= 4 is 64.7 Å². The first kappa shape index (κ1) is 27.7. The molecule has 40 heavy (non-hydrogen) atoms. The van der Waals surface area contributed by atoms with E-state index >= 15 is 0 Å². The largest absolute Gasteiger partial charge is 0.508 e. The number of benzene rings is 1. The van der Waals surface area contributed by atoms with Crippen LogP contribution in [0.25, 0.3) is 0 Å². The van der Waals surface area contributed by atoms with Crippen LogP contribution in [0.5, 0.6) is 5.75 Å². The first-order chi connectivity index (χ1) is 19.1. The lowest BCUT2D eigenvalue weighted by Crippen LogP contribution is -2.71. The summed E-state index contributed by atoms with van der Waals surface area (Å²) in [7, 11) is 0. The molecule has 4 heterocycles. The molecule has 6 amide bonds. The Balaban J connectivity index is 1.31. The van der Waals surface area contributed by atoms with E-state index < -0.39 is 47.3 Å². The van der Waals surface area contributed by atoms with Gasteiger partial charge in [0.1, 0.15) is 33.9 Å². The Bertz CT molecular complexity index is 1410. The summed E-state index contributed by atoms with van der Waals surface area (Å²) in [5.41, 5.74) is 0.750. The van der Waals surface area contributed by atoms with Crippen molar-refractivity contribution in [3.63, 3.8) is 0 Å². The van der Waals surface area contributed by atoms with Gasteiger partial charge in [-0.2, -0.15) is 0 Å². The number of fused-ring (bicyclic) bond motifs is 1. The Morgan fingerprint density at radius 2 is 1.98 bits per heavy atom. The second-order valence-corrected chi connectivity index (χ2v) is 12.4. The number of urea groups is 2. The van der Waals surface area contributed by atoms with E-state index in [0.29, 0.717) is 27.0 Å². The molecular weight excluding hydrogens is 582 g/mol. The minimum atomic E-state index is -1.30. The van der Waals surface area contributed by atoms with Crippen LogP contribution in [0.15, 0.2) is 39.9 Å². The van der Waals surface area contributed by atoms with Gasteiger partial charge in [0.15, 0.2) is 4.34 Å². The summed E-state index contributed by atoms with van der Waals surface area (Å²) in [5, 5.41) is 35.3. The number of nitrogens with one attached hydrogen (secondary N) is 3. The van der Waals surface area contributed by atoms with Gasteiger partial charge in [-0.1, -0.05) is 35.2 Å². The number of β-lactam (4-membered cyclic amide) rings is 1. The van der Waals surface area contributed by atoms with Crippen LogP contribution in [0.3, 0.4) is 0 Å². The topological polar surface area (TPSA) is 194 Å². The molecule has 3 aliphatic heterocycles. The standard InChI is InChI=1S/C23H23N7O7S3/c1-10-27-28-23(40-10)39-9-12-8-38-19-15(18(33)30(19)16(12)20(34)35)25-17(32)14(11-2-4-13(31)5-3-11)26-22(37)29-7-6-24-21(29)36/h2-5,14-15,19,31H,6-9H2,1H3,(H,24,36)(H,25,32)(H,26,37)(H,34,35)/t14?,15?,19-/m0/s1. The molecule has 5 rings (SSSR count). The maximum atomic E-state index is 13.4. The molecule has 210 valence electrons. The van der Waals surface area contributed by atoms with Crippen molar-refractivity contribution in [2.75, 3.05) is 24.6 Å². The predicted molar refractivity (Wildman–Crippen MR) is 145 cm³/mol. The normalized spacial score (nSPS) is 20.9. The minimum absolute atomic E-state index is 0.0558. The van der Waals surface area contributed by atoms with E-state index in [1.165, 1.54) is 64.0 Å². The number of carbonyl (C=O) groups is 5. The Hall–Kier alpha value is -3.83. The maximum Gasteiger partial charge on any atom is 0.352 e. The van der Waals surface area contributed by atoms with Crippen LogP contribution in [0, 0.1) is 6.92 Å². The van der Waals surface area contributed by atoms with Crippen molar-refractivity contribution in [2.24, 2.45) is 0 Å². The second-order valence-electron chi connectivity index (χ2n) is 8.89. The van der Waals surface area contributed by atoms with Crippen molar-refractivity contribution in [2.45, 2.75) is 28.7 Å². The van der Waals surface area contributed by atoms with Crippen LogP contribution in [-0.2, 0) is 14.4 Å². The average molecular weight is 606 g/mol. The monoisotopic (exact) mass is 605 g/mol. The molecule has 2 saturated heterocycles. The Morgan fingerprint density at radius 3 is 2.60 bits per heavy atom. The number of hydrogen-bond acceptors (Lipinski definition) is 11. The zero-order valence-electron chi connectivity index (χ0n) is 20.8. The van der Waals surface area contributed by atoms with E-state index in [4.69, 9.17) is 0 Å². The Labute approximate surface area is 239 Å². The fourth-order valence-corrected chi connectivity index (χ4v) is 7.65. The Kier molecular flexibility index (Phi) is 7.86. The molecule has 5 N–H and O–H groups in total. The lowest BCUT2D eigenvalue weighted by molar-refractivity contribution is -0.151. The number of imide groups is 1. The zero-order valence-corrected chi connectivity index (χ0v) is 23.3. The Morgan fingerprint density at radius 1 is 1.23 bits per heavy atom. The number of rotatable bonds is 8. The number of amides is 6. The number of phenolic OH excluding ortho intramolecular Hbond substituents is 1. The van der Waals surface area contributed by atoms with Gasteiger partial charge < -0.3 is 26.2 Å². The molecule has 2 aromatic rings. The number of aliphatic carboxylic acids is 1. The highest BCUT2D eigenvalue weighted by atomic mass is 32.2. The highest BCUT2D eigenvalue weighted by molar-refractivity contribution is 8.01. The summed E-state index contributed by atoms with van der Waals surface area (Å²) in [6.07, 6.45) is 0. The van der Waals surface area contributed by atoms with Gasteiger partial charge >= 0.3 is 18.0 Å². The van der Waals surface area contributed by atoms with E-state index in [-0.39, 0.29) is 24.5 Å². The summed E-state index contributed by atoms with van der Waals surface area (Å²) < 4.78 is 0.690. The molecule has 2 fully saturated rings. The number of carboxylic acids is 1. The van der Waals surface area contributed by atoms with Crippen molar-refractivity contribution in [1.29, 1.82) is 0 Å². The second kappa shape index (κ2) is 11.3. The van der Waals surface area contributed by atoms with Crippen molar-refractivity contribution < 1.29 is 34.2 Å². The van der Waals surface area contributed by atoms with Crippen LogP contribution >= 0.6 is 34.9 Å². The number of carbonyl (C=O) groups excluding carboxylic acids is 4. The van der Waals surface area contributed by atoms with Gasteiger partial charge in [0, 0.05) is 24.6 Å². The summed E-state index contributed by atoms with van der Waals surface area (Å²) in [6.45, 7) is 2.21. The predicted octanol–water partition coefficient (Wildman–Crippen LogP) is 0.859. The van der Waals surface area contributed by atoms with Crippen LogP contribution < -0.4 is 16.0 Å². The van der Waals surface area contributed by atoms with Gasteiger partial charge in [0.25, 0.3) is 5.91 Å². The van der Waals surface area contributed by atoms with Gasteiger partial charge in [-0.15, -0.1) is 22.0 Å². The first-order valence-corrected chi connectivity index (χ1v) is 14.8. The average Bonchev–Trinajstić information content (AvgIpc) is 3.56. The van der Waals surface area contributed by atoms with Crippen LogP contribution in [-0.4, -0.2) is 96.1 Å². The van der Waals surface area contributed by atoms with Gasteiger partial charge in [0.05, 0.1) is 0 Å². The maximum absolute atomic E-state index is 13.4. The van der Waals surface area contributed by atoms with Crippen LogP contribution in [0.1, 0.15) is 16.6 Å². The lowest BCUT2D eigenvalue weighted by atomic mass is 10.0. The third kappa shape index (κ3) is 5.44. The van der Waals surface area contributed by atoms with Crippen molar-refractivity contribution in [3.05, 3.63) is 46.1 Å². The fraction of sp³-hybridized carbons (Fsp3) is 0.348. The summed E-state index contributed by atoms with van der Waals surface area (Å²) in [6, 6.07) is 1.81. The quantitative estimate of drug-likeness (QED) is 0.212. The molecule has 0 bridgehead atoms. The molecule has 0 radical (unpaired) electrons. The highest BCUT2D eigenvalue weighted by Crippen LogP contribution is 2.42. The van der Waals surface area contributed by atoms with E-state index in [0.717, 1.165) is 9.91 Å². The first-order valence-electron chi connectivity index (χ1n) is 11.9. The van der Waals surface area contributed by atoms with E-state index in [9.17, 15) is 34.2 Å². The molecule has 0 spiro atoms. The van der Waals surface area contributed by atoms with Crippen LogP contribution in [0.2, 0.25) is 0 Å². The van der Waals surface area contributed by atoms with E-state index in [1.807, 2.05) is 6.92 Å². The van der Waals surface area contributed by atoms with Gasteiger partial charge in [0.2, 0.25) is 5.91 Å². The third-order valence-corrected chi connectivity index (χ3v) is 9.68. The number of aryl methyl sites for hydroxylation is 1. The molecular formula is C23H23N7O7S3. The smallest absolute Gasteiger partial charge is 0.352 e. The zero-order chi connectivity index (χ0) is 28.6. The van der Waals surface area contributed by atoms with Gasteiger partial charge in [-0.05, 0) is 30.2 Å². The summed E-state index contributed by atoms with van der Waals surface area (Å²) in [5.74, 6) is -1.98. The molecule has 0 saturated carbocycles. The van der Waals surface area contributed by atoms with E-state index in [1.54, 1.807) is 0 Å². The summed E-state index contributed by atoms with van der Waals surface area (Å²) >= 11 is 4.05. The number of thioether (sulfide) groups is 2. The molecule has 1 aromatic carbocycles. The van der Waals surface area contributed by atoms with Crippen molar-refractivity contribution in [1.82, 2.24) is 35.9 Å². The van der Waals surface area contributed by atoms with Gasteiger partial charge in [-0.3, -0.25) is 14.5 Å².